The first-order valence-electron chi connectivity index (χ1n) is 8.33. The molecule has 1 N–H and O–H groups in total. The van der Waals surface area contributed by atoms with Crippen LogP contribution in [0, 0.1) is 6.92 Å². The number of benzene rings is 1. The third-order valence-electron chi connectivity index (χ3n) is 3.57. The van der Waals surface area contributed by atoms with Crippen LogP contribution in [0.5, 0.6) is 11.5 Å². The molecule has 8 heteroatoms. The lowest BCUT2D eigenvalue weighted by atomic mass is 10.2. The maximum absolute atomic E-state index is 12.7. The van der Waals surface area contributed by atoms with Crippen LogP contribution in [0.15, 0.2) is 35.7 Å². The summed E-state index contributed by atoms with van der Waals surface area (Å²) in [6.07, 6.45) is 5.90. The van der Waals surface area contributed by atoms with Crippen LogP contribution in [0.4, 0.5) is 0 Å². The minimum absolute atomic E-state index is 0.103. The minimum Gasteiger partial charge on any atom is -0.494 e. The van der Waals surface area contributed by atoms with Crippen molar-refractivity contribution in [1.29, 1.82) is 0 Å². The van der Waals surface area contributed by atoms with E-state index in [9.17, 15) is 8.42 Å². The molecular weight excluding hydrogens is 342 g/mol. The molecule has 138 valence electrons. The monoisotopic (exact) mass is 367 g/mol. The number of hydrogen-bond acceptors (Lipinski definition) is 5. The molecule has 2 rings (SSSR count). The third kappa shape index (κ3) is 5.20. The van der Waals surface area contributed by atoms with Gasteiger partial charge in [0, 0.05) is 31.5 Å². The summed E-state index contributed by atoms with van der Waals surface area (Å²) in [4.78, 5) is 4.06. The number of sulfonamides is 1. The smallest absolute Gasteiger partial charge is 0.244 e. The number of nitrogens with zero attached hydrogens (tertiary/aromatic N) is 2. The second-order valence-corrected chi connectivity index (χ2v) is 7.22. The summed E-state index contributed by atoms with van der Waals surface area (Å²) in [5.41, 5.74) is 0.837. The second-order valence-electron chi connectivity index (χ2n) is 5.48. The molecule has 0 saturated carbocycles. The van der Waals surface area contributed by atoms with Gasteiger partial charge in [-0.15, -0.1) is 0 Å². The van der Waals surface area contributed by atoms with E-state index in [0.717, 1.165) is 5.56 Å². The van der Waals surface area contributed by atoms with E-state index in [4.69, 9.17) is 9.47 Å². The molecular formula is C17H25N3O4S. The highest BCUT2D eigenvalue weighted by Crippen LogP contribution is 2.32. The molecule has 0 aliphatic rings. The molecule has 0 bridgehead atoms. The van der Waals surface area contributed by atoms with Gasteiger partial charge in [0.1, 0.15) is 16.4 Å². The summed E-state index contributed by atoms with van der Waals surface area (Å²) in [5, 5.41) is 0. The number of aromatic nitrogens is 2. The average Bonchev–Trinajstić information content (AvgIpc) is 3.08. The van der Waals surface area contributed by atoms with Crippen LogP contribution < -0.4 is 14.2 Å². The van der Waals surface area contributed by atoms with Gasteiger partial charge in [-0.2, -0.15) is 0 Å². The number of rotatable bonds is 10. The summed E-state index contributed by atoms with van der Waals surface area (Å²) < 4.78 is 40.9. The lowest BCUT2D eigenvalue weighted by Crippen LogP contribution is -2.26. The molecule has 0 spiro atoms. The minimum atomic E-state index is -3.69. The molecule has 0 aliphatic heterocycles. The van der Waals surface area contributed by atoms with Crippen molar-refractivity contribution < 1.29 is 17.9 Å². The quantitative estimate of drug-likeness (QED) is 0.652. The highest BCUT2D eigenvalue weighted by molar-refractivity contribution is 7.89. The molecule has 7 nitrogen and oxygen atoms in total. The summed E-state index contributed by atoms with van der Waals surface area (Å²) in [6, 6.07) is 3.23. The maximum atomic E-state index is 12.7. The molecule has 1 heterocycles. The maximum Gasteiger partial charge on any atom is 0.244 e. The van der Waals surface area contributed by atoms with Crippen molar-refractivity contribution in [1.82, 2.24) is 14.3 Å². The Bertz CT molecular complexity index is 773. The van der Waals surface area contributed by atoms with Gasteiger partial charge in [0.05, 0.1) is 19.5 Å². The van der Waals surface area contributed by atoms with Gasteiger partial charge in [-0.25, -0.2) is 18.1 Å². The van der Waals surface area contributed by atoms with Crippen LogP contribution in [-0.2, 0) is 16.6 Å². The zero-order valence-corrected chi connectivity index (χ0v) is 15.7. The van der Waals surface area contributed by atoms with Crippen LogP contribution >= 0.6 is 0 Å². The molecule has 0 atom stereocenters. The Morgan fingerprint density at radius 2 is 1.88 bits per heavy atom. The predicted molar refractivity (Wildman–Crippen MR) is 95.5 cm³/mol. The topological polar surface area (TPSA) is 82.5 Å². The van der Waals surface area contributed by atoms with Crippen molar-refractivity contribution in [2.24, 2.45) is 0 Å². The van der Waals surface area contributed by atoms with E-state index in [1.54, 1.807) is 18.6 Å². The van der Waals surface area contributed by atoms with Gasteiger partial charge in [-0.3, -0.25) is 0 Å². The SMILES string of the molecule is CCOc1cc(S(=O)(=O)NCCCn2ccnc2)c(OCC)cc1C. The normalized spacial score (nSPS) is 11.5. The highest BCUT2D eigenvalue weighted by atomic mass is 32.2. The lowest BCUT2D eigenvalue weighted by Gasteiger charge is -2.15. The largest absolute Gasteiger partial charge is 0.494 e. The molecule has 25 heavy (non-hydrogen) atoms. The van der Waals surface area contributed by atoms with Gasteiger partial charge < -0.3 is 14.0 Å². The average molecular weight is 367 g/mol. The summed E-state index contributed by atoms with van der Waals surface area (Å²) >= 11 is 0. The van der Waals surface area contributed by atoms with Crippen LogP contribution in [0.25, 0.3) is 0 Å². The Labute approximate surface area is 149 Å². The van der Waals surface area contributed by atoms with Crippen molar-refractivity contribution in [3.05, 3.63) is 36.4 Å². The first kappa shape index (κ1) is 19.3. The van der Waals surface area contributed by atoms with E-state index in [1.807, 2.05) is 31.5 Å². The second kappa shape index (κ2) is 8.87. The Morgan fingerprint density at radius 3 is 2.52 bits per heavy atom. The number of imidazole rings is 1. The van der Waals surface area contributed by atoms with Gasteiger partial charge in [-0.1, -0.05) is 0 Å². The molecule has 0 amide bonds. The van der Waals surface area contributed by atoms with Crippen molar-refractivity contribution in [3.63, 3.8) is 0 Å². The van der Waals surface area contributed by atoms with Crippen molar-refractivity contribution in [2.45, 2.75) is 38.6 Å². The standard InChI is InChI=1S/C17H25N3O4S/c1-4-23-15-12-17(16(24-5-2)11-14(15)3)25(21,22)19-7-6-9-20-10-8-18-13-20/h8,10-13,19H,4-7,9H2,1-3H3. The first-order valence-corrected chi connectivity index (χ1v) is 9.82. The van der Waals surface area contributed by atoms with Gasteiger partial charge in [0.25, 0.3) is 0 Å². The molecule has 1 aromatic carbocycles. The van der Waals surface area contributed by atoms with E-state index in [1.165, 1.54) is 6.07 Å². The highest BCUT2D eigenvalue weighted by Gasteiger charge is 2.21. The lowest BCUT2D eigenvalue weighted by molar-refractivity contribution is 0.320. The molecule has 1 aromatic heterocycles. The summed E-state index contributed by atoms with van der Waals surface area (Å²) in [5.74, 6) is 0.885. The van der Waals surface area contributed by atoms with E-state index >= 15 is 0 Å². The first-order chi connectivity index (χ1) is 12.0. The molecule has 0 radical (unpaired) electrons. The fraction of sp³-hybridized carbons (Fsp3) is 0.471. The van der Waals surface area contributed by atoms with Gasteiger partial charge in [0.2, 0.25) is 10.0 Å². The molecule has 0 aliphatic carbocycles. The Kier molecular flexibility index (Phi) is 6.83. The number of ether oxygens (including phenoxy) is 2. The zero-order valence-electron chi connectivity index (χ0n) is 14.9. The predicted octanol–water partition coefficient (Wildman–Crippen LogP) is 2.36. The van der Waals surface area contributed by atoms with Gasteiger partial charge >= 0.3 is 0 Å². The molecule has 0 fully saturated rings. The van der Waals surface area contributed by atoms with E-state index in [-0.39, 0.29) is 4.90 Å². The van der Waals surface area contributed by atoms with E-state index < -0.39 is 10.0 Å². The van der Waals surface area contributed by atoms with Crippen LogP contribution in [-0.4, -0.2) is 37.7 Å². The number of aryl methyl sites for hydroxylation is 2. The molecule has 2 aromatic rings. The van der Waals surface area contributed by atoms with Crippen LogP contribution in [0.1, 0.15) is 25.8 Å². The Morgan fingerprint density at radius 1 is 1.16 bits per heavy atom. The van der Waals surface area contributed by atoms with E-state index in [2.05, 4.69) is 9.71 Å². The molecule has 0 saturated heterocycles. The van der Waals surface area contributed by atoms with E-state index in [0.29, 0.717) is 44.2 Å². The van der Waals surface area contributed by atoms with Crippen molar-refractivity contribution >= 4 is 10.0 Å². The Hall–Kier alpha value is -2.06. The summed E-state index contributed by atoms with van der Waals surface area (Å²) in [7, 11) is -3.69. The van der Waals surface area contributed by atoms with Crippen LogP contribution in [0.2, 0.25) is 0 Å². The van der Waals surface area contributed by atoms with Gasteiger partial charge in [0.15, 0.2) is 0 Å². The van der Waals surface area contributed by atoms with Crippen LogP contribution in [0.3, 0.4) is 0 Å². The third-order valence-corrected chi connectivity index (χ3v) is 5.06. The van der Waals surface area contributed by atoms with Gasteiger partial charge in [-0.05, 0) is 38.8 Å². The molecule has 0 unspecified atom stereocenters. The van der Waals surface area contributed by atoms with Crippen molar-refractivity contribution in [2.75, 3.05) is 19.8 Å². The summed E-state index contributed by atoms with van der Waals surface area (Å²) in [6.45, 7) is 7.41. The number of hydrogen-bond donors (Lipinski definition) is 1. The van der Waals surface area contributed by atoms with Crippen molar-refractivity contribution in [3.8, 4) is 11.5 Å². The fourth-order valence-electron chi connectivity index (χ4n) is 2.40. The number of nitrogens with one attached hydrogen (secondary N) is 1. The fourth-order valence-corrected chi connectivity index (χ4v) is 3.61. The zero-order chi connectivity index (χ0) is 18.3. The Balaban J connectivity index is 2.13.